The molecule has 1 saturated carbocycles. The van der Waals surface area contributed by atoms with Crippen molar-refractivity contribution in [3.63, 3.8) is 0 Å². The van der Waals surface area contributed by atoms with Crippen molar-refractivity contribution in [1.29, 1.82) is 0 Å². The Balaban J connectivity index is 2.34. The number of hydrogen-bond acceptors (Lipinski definition) is 1. The van der Waals surface area contributed by atoms with Gasteiger partial charge in [0.05, 0.1) is 0 Å². The number of nitrogens with zero attached hydrogens (tertiary/aromatic N) is 1. The summed E-state index contributed by atoms with van der Waals surface area (Å²) in [6.07, 6.45) is 14.9. The van der Waals surface area contributed by atoms with E-state index in [0.29, 0.717) is 6.04 Å². The summed E-state index contributed by atoms with van der Waals surface area (Å²) in [6, 6.07) is 2.80. The monoisotopic (exact) mass is 310 g/mol. The highest BCUT2D eigenvalue weighted by atomic mass is 15.0. The lowest BCUT2D eigenvalue weighted by molar-refractivity contribution is 0.400. The molecule has 124 valence electrons. The standard InChI is InChI=1S/C21H30N2/c1-6-17(7-2)21-15-18(8-3)20(23(21)5)14-16(4)22-19-12-10-9-11-13-19/h6-8,14-15,19,22H,1,4,9-13H2,2-3,5H3/b17-7+,18-8-,20-14+. The van der Waals surface area contributed by atoms with E-state index in [-0.39, 0.29) is 0 Å². The largest absolute Gasteiger partial charge is 0.383 e. The molecular formula is C21H30N2. The smallest absolute Gasteiger partial charge is 0.0499 e. The van der Waals surface area contributed by atoms with Crippen LogP contribution in [-0.4, -0.2) is 10.6 Å². The third-order valence-corrected chi connectivity index (χ3v) is 4.75. The Kier molecular flexibility index (Phi) is 6.09. The first-order valence-electron chi connectivity index (χ1n) is 8.69. The summed E-state index contributed by atoms with van der Waals surface area (Å²) in [4.78, 5) is 0. The van der Waals surface area contributed by atoms with Gasteiger partial charge in [0.25, 0.3) is 0 Å². The van der Waals surface area contributed by atoms with Gasteiger partial charge in [0.2, 0.25) is 0 Å². The molecule has 0 aliphatic heterocycles. The molecule has 0 saturated heterocycles. The minimum absolute atomic E-state index is 0.584. The van der Waals surface area contributed by atoms with Crippen LogP contribution in [0.4, 0.5) is 0 Å². The maximum Gasteiger partial charge on any atom is 0.0499 e. The summed E-state index contributed by atoms with van der Waals surface area (Å²) in [7, 11) is 2.11. The van der Waals surface area contributed by atoms with Crippen LogP contribution in [-0.2, 0) is 7.05 Å². The highest BCUT2D eigenvalue weighted by Gasteiger charge is 2.13. The topological polar surface area (TPSA) is 17.0 Å². The van der Waals surface area contributed by atoms with Crippen LogP contribution in [0.15, 0.2) is 37.1 Å². The first kappa shape index (κ1) is 17.4. The molecule has 0 unspecified atom stereocenters. The summed E-state index contributed by atoms with van der Waals surface area (Å²) >= 11 is 0. The van der Waals surface area contributed by atoms with Gasteiger partial charge >= 0.3 is 0 Å². The van der Waals surface area contributed by atoms with E-state index in [0.717, 1.165) is 11.3 Å². The molecule has 2 heteroatoms. The second-order valence-electron chi connectivity index (χ2n) is 6.31. The maximum atomic E-state index is 4.23. The summed E-state index contributed by atoms with van der Waals surface area (Å²) in [5.74, 6) is 0. The van der Waals surface area contributed by atoms with Crippen LogP contribution in [0.5, 0.6) is 0 Å². The lowest BCUT2D eigenvalue weighted by Gasteiger charge is -2.23. The normalized spacial score (nSPS) is 18.3. The quantitative estimate of drug-likeness (QED) is 0.822. The van der Waals surface area contributed by atoms with E-state index in [4.69, 9.17) is 0 Å². The highest BCUT2D eigenvalue weighted by Crippen LogP contribution is 2.18. The Morgan fingerprint density at radius 2 is 1.96 bits per heavy atom. The second kappa shape index (κ2) is 8.05. The van der Waals surface area contributed by atoms with E-state index in [2.05, 4.69) is 61.3 Å². The number of nitrogens with one attached hydrogen (secondary N) is 1. The molecule has 1 aliphatic carbocycles. The number of allylic oxidation sites excluding steroid dienone is 4. The molecular weight excluding hydrogens is 280 g/mol. The van der Waals surface area contributed by atoms with Crippen LogP contribution >= 0.6 is 0 Å². The van der Waals surface area contributed by atoms with Gasteiger partial charge in [-0.25, -0.2) is 0 Å². The Morgan fingerprint density at radius 3 is 2.52 bits per heavy atom. The number of aromatic nitrogens is 1. The van der Waals surface area contributed by atoms with Gasteiger partial charge < -0.3 is 9.88 Å². The summed E-state index contributed by atoms with van der Waals surface area (Å²) < 4.78 is 2.22. The van der Waals surface area contributed by atoms with Crippen LogP contribution in [0.3, 0.4) is 0 Å². The fourth-order valence-electron chi connectivity index (χ4n) is 3.42. The Labute approximate surface area is 140 Å². The Bertz CT molecular complexity index is 710. The van der Waals surface area contributed by atoms with Crippen LogP contribution in [0, 0.1) is 0 Å². The van der Waals surface area contributed by atoms with E-state index < -0.39 is 0 Å². The fraction of sp³-hybridized carbons (Fsp3) is 0.429. The maximum absolute atomic E-state index is 4.23. The zero-order valence-corrected chi connectivity index (χ0v) is 14.9. The van der Waals surface area contributed by atoms with Crippen molar-refractivity contribution in [3.8, 4) is 0 Å². The molecule has 0 radical (unpaired) electrons. The van der Waals surface area contributed by atoms with Gasteiger partial charge in [-0.05, 0) is 49.6 Å². The van der Waals surface area contributed by atoms with Crippen molar-refractivity contribution in [1.82, 2.24) is 9.88 Å². The van der Waals surface area contributed by atoms with Gasteiger partial charge in [0.15, 0.2) is 0 Å². The Hall–Kier alpha value is -1.96. The molecule has 0 spiro atoms. The third-order valence-electron chi connectivity index (χ3n) is 4.75. The molecule has 1 heterocycles. The van der Waals surface area contributed by atoms with Gasteiger partial charge in [-0.15, -0.1) is 0 Å². The third kappa shape index (κ3) is 4.07. The predicted octanol–water partition coefficient (Wildman–Crippen LogP) is 3.63. The SMILES string of the molecule is C=C/C(=C\C)c1cc(=C/C)/c(=C\C(=C)NC2CCCCC2)n1C. The van der Waals surface area contributed by atoms with E-state index in [9.17, 15) is 0 Å². The molecule has 1 aliphatic rings. The molecule has 1 aromatic rings. The van der Waals surface area contributed by atoms with Crippen LogP contribution in [0.1, 0.15) is 51.6 Å². The molecule has 1 N–H and O–H groups in total. The lowest BCUT2D eigenvalue weighted by Crippen LogP contribution is -2.33. The van der Waals surface area contributed by atoms with Gasteiger partial charge in [-0.3, -0.25) is 0 Å². The van der Waals surface area contributed by atoms with Crippen molar-refractivity contribution in [2.45, 2.75) is 52.0 Å². The molecule has 0 bridgehead atoms. The van der Waals surface area contributed by atoms with Crippen molar-refractivity contribution in [2.24, 2.45) is 7.05 Å². The molecule has 2 nitrogen and oxygen atoms in total. The van der Waals surface area contributed by atoms with E-state index in [1.54, 1.807) is 0 Å². The van der Waals surface area contributed by atoms with Crippen molar-refractivity contribution in [2.75, 3.05) is 0 Å². The highest BCUT2D eigenvalue weighted by molar-refractivity contribution is 5.71. The zero-order chi connectivity index (χ0) is 16.8. The van der Waals surface area contributed by atoms with Gasteiger partial charge in [-0.1, -0.05) is 50.6 Å². The van der Waals surface area contributed by atoms with Crippen LogP contribution in [0.2, 0.25) is 0 Å². The average Bonchev–Trinajstić information content (AvgIpc) is 2.86. The van der Waals surface area contributed by atoms with Gasteiger partial charge in [0, 0.05) is 29.8 Å². The van der Waals surface area contributed by atoms with Gasteiger partial charge in [0.1, 0.15) is 0 Å². The summed E-state index contributed by atoms with van der Waals surface area (Å²) in [5.41, 5.74) is 3.35. The molecule has 0 amide bonds. The minimum atomic E-state index is 0.584. The van der Waals surface area contributed by atoms with Gasteiger partial charge in [-0.2, -0.15) is 0 Å². The average molecular weight is 310 g/mol. The van der Waals surface area contributed by atoms with E-state index in [1.807, 2.05) is 13.0 Å². The summed E-state index contributed by atoms with van der Waals surface area (Å²) in [6.45, 7) is 12.3. The second-order valence-corrected chi connectivity index (χ2v) is 6.31. The van der Waals surface area contributed by atoms with Crippen molar-refractivity contribution >= 4 is 17.7 Å². The molecule has 0 atom stereocenters. The fourth-order valence-corrected chi connectivity index (χ4v) is 3.42. The number of rotatable bonds is 5. The zero-order valence-electron chi connectivity index (χ0n) is 14.9. The number of hydrogen-bond donors (Lipinski definition) is 1. The lowest BCUT2D eigenvalue weighted by atomic mass is 9.95. The van der Waals surface area contributed by atoms with Crippen molar-refractivity contribution in [3.05, 3.63) is 53.3 Å². The van der Waals surface area contributed by atoms with Crippen LogP contribution < -0.4 is 15.9 Å². The molecule has 2 rings (SSSR count). The van der Waals surface area contributed by atoms with E-state index in [1.165, 1.54) is 48.4 Å². The minimum Gasteiger partial charge on any atom is -0.383 e. The molecule has 1 aromatic heterocycles. The predicted molar refractivity (Wildman–Crippen MR) is 102 cm³/mol. The van der Waals surface area contributed by atoms with E-state index >= 15 is 0 Å². The molecule has 1 fully saturated rings. The Morgan fingerprint density at radius 1 is 1.26 bits per heavy atom. The molecule has 0 aromatic carbocycles. The summed E-state index contributed by atoms with van der Waals surface area (Å²) in [5, 5.41) is 6.02. The van der Waals surface area contributed by atoms with Crippen molar-refractivity contribution < 1.29 is 0 Å². The first-order valence-corrected chi connectivity index (χ1v) is 8.69. The van der Waals surface area contributed by atoms with Crippen LogP contribution in [0.25, 0.3) is 17.7 Å². The molecule has 23 heavy (non-hydrogen) atoms. The first-order chi connectivity index (χ1) is 11.1.